The second-order valence-corrected chi connectivity index (χ2v) is 14.6. The topological polar surface area (TPSA) is 9.86 Å². The van der Waals surface area contributed by atoms with Crippen molar-refractivity contribution in [2.45, 2.75) is 4.90 Å². The molecule has 0 bridgehead atoms. The van der Waals surface area contributed by atoms with E-state index in [4.69, 9.17) is 0 Å². The molecule has 0 aliphatic rings. The van der Waals surface area contributed by atoms with Crippen LogP contribution >= 0.6 is 11.8 Å². The molecule has 0 unspecified atom stereocenters. The number of thioether (sulfide) groups is 1. The summed E-state index contributed by atoms with van der Waals surface area (Å²) < 4.78 is 4.85. The van der Waals surface area contributed by atoms with E-state index in [0.717, 1.165) is 0 Å². The Labute approximate surface area is 305 Å². The first kappa shape index (κ1) is 29.4. The van der Waals surface area contributed by atoms with E-state index >= 15 is 0 Å². The summed E-state index contributed by atoms with van der Waals surface area (Å²) >= 11 is 1.78. The Hall–Kier alpha value is -6.29. The minimum atomic E-state index is 1.17. The van der Waals surface area contributed by atoms with Gasteiger partial charge in [-0.3, -0.25) is 0 Å². The third-order valence-corrected chi connectivity index (χ3v) is 11.7. The lowest BCUT2D eigenvalue weighted by atomic mass is 9.94. The van der Waals surface area contributed by atoms with Gasteiger partial charge in [0.05, 0.1) is 22.1 Å². The van der Waals surface area contributed by atoms with Gasteiger partial charge < -0.3 is 9.13 Å². The molecule has 0 saturated heterocycles. The molecule has 11 rings (SSSR count). The molecule has 52 heavy (non-hydrogen) atoms. The third kappa shape index (κ3) is 4.27. The molecular formula is C49H32N2S. The predicted octanol–water partition coefficient (Wildman–Crippen LogP) is 13.7. The molecule has 0 amide bonds. The number of fused-ring (bicyclic) bond motifs is 12. The van der Waals surface area contributed by atoms with Gasteiger partial charge in [-0.05, 0) is 116 Å². The summed E-state index contributed by atoms with van der Waals surface area (Å²) in [5.41, 5.74) is 9.66. The molecule has 0 spiro atoms. The highest BCUT2D eigenvalue weighted by Gasteiger charge is 2.17. The third-order valence-electron chi connectivity index (χ3n) is 11.0. The number of para-hydroxylation sites is 2. The molecule has 0 atom stereocenters. The van der Waals surface area contributed by atoms with E-state index in [9.17, 15) is 0 Å². The molecule has 9 aromatic carbocycles. The van der Waals surface area contributed by atoms with Crippen molar-refractivity contribution in [3.8, 4) is 22.5 Å². The van der Waals surface area contributed by atoms with E-state index in [-0.39, 0.29) is 0 Å². The molecule has 2 aromatic heterocycles. The first-order chi connectivity index (χ1) is 25.7. The summed E-state index contributed by atoms with van der Waals surface area (Å²) in [7, 11) is 0. The predicted molar refractivity (Wildman–Crippen MR) is 225 cm³/mol. The van der Waals surface area contributed by atoms with Gasteiger partial charge in [0.2, 0.25) is 0 Å². The van der Waals surface area contributed by atoms with Gasteiger partial charge in [0.25, 0.3) is 0 Å². The lowest BCUT2D eigenvalue weighted by Crippen LogP contribution is -1.94. The molecule has 0 radical (unpaired) electrons. The average Bonchev–Trinajstić information content (AvgIpc) is 3.73. The number of benzene rings is 9. The molecule has 11 aromatic rings. The van der Waals surface area contributed by atoms with Crippen LogP contribution in [0.15, 0.2) is 181 Å². The van der Waals surface area contributed by atoms with Gasteiger partial charge in [0.15, 0.2) is 0 Å². The Balaban J connectivity index is 1.11. The van der Waals surface area contributed by atoms with Gasteiger partial charge in [-0.15, -0.1) is 11.8 Å². The van der Waals surface area contributed by atoms with Crippen LogP contribution in [-0.2, 0) is 0 Å². The second-order valence-electron chi connectivity index (χ2n) is 13.7. The monoisotopic (exact) mass is 680 g/mol. The largest absolute Gasteiger partial charge is 0.309 e. The maximum absolute atomic E-state index is 2.44. The van der Waals surface area contributed by atoms with Gasteiger partial charge in [-0.2, -0.15) is 0 Å². The molecule has 0 fully saturated rings. The maximum atomic E-state index is 2.44. The molecule has 0 N–H and O–H groups in total. The van der Waals surface area contributed by atoms with Gasteiger partial charge in [0, 0.05) is 37.8 Å². The Kier molecular flexibility index (Phi) is 6.43. The van der Waals surface area contributed by atoms with Crippen molar-refractivity contribution in [2.24, 2.45) is 0 Å². The maximum Gasteiger partial charge on any atom is 0.0541 e. The number of nitrogens with zero attached hydrogens (tertiary/aromatic N) is 2. The van der Waals surface area contributed by atoms with E-state index in [1.807, 2.05) is 0 Å². The van der Waals surface area contributed by atoms with Gasteiger partial charge in [-0.25, -0.2) is 0 Å². The molecule has 2 nitrogen and oxygen atoms in total. The molecule has 244 valence electrons. The highest BCUT2D eigenvalue weighted by Crippen LogP contribution is 2.40. The second kappa shape index (κ2) is 11.4. The molecule has 3 heteroatoms. The Bertz CT molecular complexity index is 3200. The van der Waals surface area contributed by atoms with Crippen LogP contribution in [-0.4, -0.2) is 15.4 Å². The van der Waals surface area contributed by atoms with Gasteiger partial charge >= 0.3 is 0 Å². The Morgan fingerprint density at radius 1 is 0.308 bits per heavy atom. The zero-order valence-corrected chi connectivity index (χ0v) is 29.4. The normalized spacial score (nSPS) is 12.0. The fourth-order valence-electron chi connectivity index (χ4n) is 8.65. The minimum Gasteiger partial charge on any atom is -0.309 e. The first-order valence-electron chi connectivity index (χ1n) is 17.8. The van der Waals surface area contributed by atoms with E-state index in [1.165, 1.54) is 103 Å². The van der Waals surface area contributed by atoms with Crippen LogP contribution in [0.5, 0.6) is 0 Å². The summed E-state index contributed by atoms with van der Waals surface area (Å²) in [6, 6.07) is 65.0. The van der Waals surface area contributed by atoms with E-state index in [1.54, 1.807) is 11.8 Å². The van der Waals surface area contributed by atoms with E-state index in [2.05, 4.69) is 191 Å². The highest BCUT2D eigenvalue weighted by molar-refractivity contribution is 7.98. The molecule has 0 aliphatic heterocycles. The zero-order valence-electron chi connectivity index (χ0n) is 28.5. The standard InChI is InChI=1S/C49H32N2S/c1-52-35-12-10-11-33(29-35)50-46-19-8-6-17-41(46)44-27-31(21-25-48(44)50)32-22-26-49-45(28-32)42-18-7-9-20-47(42)51(49)34-23-24-40-38-15-3-2-13-36(38)37-14-4-5-16-39(37)43(40)30-34/h2-30H,1H3. The van der Waals surface area contributed by atoms with Crippen LogP contribution in [0, 0.1) is 0 Å². The van der Waals surface area contributed by atoms with Crippen molar-refractivity contribution < 1.29 is 0 Å². The molecule has 0 saturated carbocycles. The van der Waals surface area contributed by atoms with Crippen LogP contribution in [0.3, 0.4) is 0 Å². The summed E-state index contributed by atoms with van der Waals surface area (Å²) in [4.78, 5) is 1.26. The van der Waals surface area contributed by atoms with Crippen LogP contribution < -0.4 is 0 Å². The lowest BCUT2D eigenvalue weighted by Gasteiger charge is -2.14. The summed E-state index contributed by atoms with van der Waals surface area (Å²) in [6.07, 6.45) is 2.14. The van der Waals surface area contributed by atoms with Crippen LogP contribution in [0.25, 0.3) is 98.4 Å². The average molecular weight is 681 g/mol. The number of hydrogen-bond acceptors (Lipinski definition) is 1. The zero-order chi connectivity index (χ0) is 34.3. The van der Waals surface area contributed by atoms with Crippen molar-refractivity contribution in [1.29, 1.82) is 0 Å². The van der Waals surface area contributed by atoms with Crippen molar-refractivity contribution in [3.63, 3.8) is 0 Å². The quantitative estimate of drug-likeness (QED) is 0.133. The van der Waals surface area contributed by atoms with Crippen molar-refractivity contribution >= 4 is 87.7 Å². The van der Waals surface area contributed by atoms with Crippen molar-refractivity contribution in [1.82, 2.24) is 9.13 Å². The van der Waals surface area contributed by atoms with Gasteiger partial charge in [-0.1, -0.05) is 109 Å². The number of aromatic nitrogens is 2. The first-order valence-corrected chi connectivity index (χ1v) is 19.0. The number of hydrogen-bond donors (Lipinski definition) is 0. The van der Waals surface area contributed by atoms with Crippen LogP contribution in [0.1, 0.15) is 0 Å². The fourth-order valence-corrected chi connectivity index (χ4v) is 9.10. The summed E-state index contributed by atoms with van der Waals surface area (Å²) in [5, 5.41) is 12.8. The highest BCUT2D eigenvalue weighted by atomic mass is 32.2. The van der Waals surface area contributed by atoms with Crippen molar-refractivity contribution in [3.05, 3.63) is 176 Å². The van der Waals surface area contributed by atoms with E-state index < -0.39 is 0 Å². The Morgan fingerprint density at radius 3 is 1.29 bits per heavy atom. The number of rotatable bonds is 4. The van der Waals surface area contributed by atoms with Gasteiger partial charge in [0.1, 0.15) is 0 Å². The van der Waals surface area contributed by atoms with E-state index in [0.29, 0.717) is 0 Å². The Morgan fingerprint density at radius 2 is 0.750 bits per heavy atom. The lowest BCUT2D eigenvalue weighted by molar-refractivity contribution is 1.16. The van der Waals surface area contributed by atoms with Crippen LogP contribution in [0.4, 0.5) is 0 Å². The fraction of sp³-hybridized carbons (Fsp3) is 0.0204. The molecule has 2 heterocycles. The SMILES string of the molecule is CSc1cccc(-n2c3ccccc3c3cc(-c4ccc5c(c4)c4ccccc4n5-c4ccc5c6ccccc6c6ccccc6c5c4)ccc32)c1. The van der Waals surface area contributed by atoms with Crippen LogP contribution in [0.2, 0.25) is 0 Å². The molecule has 0 aliphatic carbocycles. The summed E-state index contributed by atoms with van der Waals surface area (Å²) in [5.74, 6) is 0. The minimum absolute atomic E-state index is 1.17. The smallest absolute Gasteiger partial charge is 0.0541 e. The molecular weight excluding hydrogens is 649 g/mol. The summed E-state index contributed by atoms with van der Waals surface area (Å²) in [6.45, 7) is 0. The van der Waals surface area contributed by atoms with Crippen molar-refractivity contribution in [2.75, 3.05) is 6.26 Å².